The van der Waals surface area contributed by atoms with Crippen LogP contribution in [0, 0.1) is 11.3 Å². The second-order valence-electron chi connectivity index (χ2n) is 6.45. The first-order valence-corrected chi connectivity index (χ1v) is 8.00. The second-order valence-corrected chi connectivity index (χ2v) is 6.45. The van der Waals surface area contributed by atoms with E-state index in [9.17, 15) is 15.2 Å². The molecule has 0 saturated carbocycles. The summed E-state index contributed by atoms with van der Waals surface area (Å²) in [7, 11) is 2.16. The minimum Gasteiger partial charge on any atom is -0.508 e. The van der Waals surface area contributed by atoms with Crippen LogP contribution in [0.15, 0.2) is 29.8 Å². The average Bonchev–Trinajstić information content (AvgIpc) is 2.75. The van der Waals surface area contributed by atoms with Crippen molar-refractivity contribution in [2.45, 2.75) is 43.8 Å². The SMILES string of the molecule is CN1C2CCC1CC(NC(=O)C(C#N)=Cc1ccc(O)cc1)C2. The third kappa shape index (κ3) is 3.38. The smallest absolute Gasteiger partial charge is 0.262 e. The van der Waals surface area contributed by atoms with Gasteiger partial charge in [0.05, 0.1) is 0 Å². The van der Waals surface area contributed by atoms with Crippen LogP contribution < -0.4 is 5.32 Å². The molecule has 120 valence electrons. The van der Waals surface area contributed by atoms with Gasteiger partial charge in [0.15, 0.2) is 0 Å². The van der Waals surface area contributed by atoms with Gasteiger partial charge in [-0.3, -0.25) is 4.79 Å². The van der Waals surface area contributed by atoms with Gasteiger partial charge in [0.1, 0.15) is 17.4 Å². The summed E-state index contributed by atoms with van der Waals surface area (Å²) in [5.74, 6) is -0.151. The van der Waals surface area contributed by atoms with Gasteiger partial charge in [0.25, 0.3) is 5.91 Å². The Balaban J connectivity index is 1.67. The summed E-state index contributed by atoms with van der Waals surface area (Å²) in [6, 6.07) is 9.64. The standard InChI is InChI=1S/C18H21N3O2/c1-21-15-4-5-16(21)10-14(9-15)20-18(23)13(11-19)8-12-2-6-17(22)7-3-12/h2-3,6-8,14-16,22H,4-5,9-10H2,1H3,(H,20,23). The Morgan fingerprint density at radius 2 is 1.91 bits per heavy atom. The molecule has 2 aliphatic heterocycles. The van der Waals surface area contributed by atoms with Crippen LogP contribution in [0.2, 0.25) is 0 Å². The summed E-state index contributed by atoms with van der Waals surface area (Å²) >= 11 is 0. The van der Waals surface area contributed by atoms with Gasteiger partial charge in [0.2, 0.25) is 0 Å². The Kier molecular flexibility index (Phi) is 4.35. The molecule has 1 amide bonds. The maximum atomic E-state index is 12.4. The van der Waals surface area contributed by atoms with Gasteiger partial charge in [-0.15, -0.1) is 0 Å². The van der Waals surface area contributed by atoms with Gasteiger partial charge in [-0.2, -0.15) is 5.26 Å². The monoisotopic (exact) mass is 311 g/mol. The molecule has 2 N–H and O–H groups in total. The molecule has 2 bridgehead atoms. The highest BCUT2D eigenvalue weighted by atomic mass is 16.3. The van der Waals surface area contributed by atoms with Crippen LogP contribution in [-0.4, -0.2) is 41.1 Å². The number of aromatic hydroxyl groups is 1. The molecule has 1 aromatic carbocycles. The quantitative estimate of drug-likeness (QED) is 0.661. The summed E-state index contributed by atoms with van der Waals surface area (Å²) in [6.45, 7) is 0. The molecule has 2 heterocycles. The van der Waals surface area contributed by atoms with Crippen molar-refractivity contribution in [2.75, 3.05) is 7.05 Å². The van der Waals surface area contributed by atoms with E-state index in [1.807, 2.05) is 6.07 Å². The van der Waals surface area contributed by atoms with E-state index in [2.05, 4.69) is 17.3 Å². The number of carbonyl (C=O) groups is 1. The normalized spacial score (nSPS) is 27.5. The van der Waals surface area contributed by atoms with Crippen molar-refractivity contribution in [1.29, 1.82) is 5.26 Å². The maximum absolute atomic E-state index is 12.4. The van der Waals surface area contributed by atoms with Gasteiger partial charge in [-0.25, -0.2) is 0 Å². The Labute approximate surface area is 136 Å². The molecular weight excluding hydrogens is 290 g/mol. The average molecular weight is 311 g/mol. The topological polar surface area (TPSA) is 76.4 Å². The lowest BCUT2D eigenvalue weighted by molar-refractivity contribution is -0.118. The van der Waals surface area contributed by atoms with Crippen molar-refractivity contribution in [3.63, 3.8) is 0 Å². The van der Waals surface area contributed by atoms with E-state index in [1.165, 1.54) is 25.0 Å². The number of phenols is 1. The second kappa shape index (κ2) is 6.43. The Morgan fingerprint density at radius 3 is 2.48 bits per heavy atom. The van der Waals surface area contributed by atoms with Crippen molar-refractivity contribution < 1.29 is 9.90 Å². The van der Waals surface area contributed by atoms with Crippen molar-refractivity contribution in [2.24, 2.45) is 0 Å². The van der Waals surface area contributed by atoms with E-state index in [4.69, 9.17) is 0 Å². The summed E-state index contributed by atoms with van der Waals surface area (Å²) in [4.78, 5) is 14.8. The van der Waals surface area contributed by atoms with Crippen molar-refractivity contribution in [3.05, 3.63) is 35.4 Å². The zero-order valence-electron chi connectivity index (χ0n) is 13.2. The first-order chi connectivity index (χ1) is 11.1. The molecule has 2 unspecified atom stereocenters. The highest BCUT2D eigenvalue weighted by Crippen LogP contribution is 2.34. The molecule has 1 aromatic rings. The van der Waals surface area contributed by atoms with Crippen molar-refractivity contribution in [1.82, 2.24) is 10.2 Å². The lowest BCUT2D eigenvalue weighted by Gasteiger charge is -2.36. The Morgan fingerprint density at radius 1 is 1.30 bits per heavy atom. The van der Waals surface area contributed by atoms with E-state index >= 15 is 0 Å². The number of nitrogens with one attached hydrogen (secondary N) is 1. The molecule has 5 heteroatoms. The molecule has 2 fully saturated rings. The van der Waals surface area contributed by atoms with Gasteiger partial charge < -0.3 is 15.3 Å². The largest absolute Gasteiger partial charge is 0.508 e. The molecule has 23 heavy (non-hydrogen) atoms. The third-order valence-electron chi connectivity index (χ3n) is 5.00. The summed E-state index contributed by atoms with van der Waals surface area (Å²) in [6.07, 6.45) is 5.86. The van der Waals surface area contributed by atoms with Crippen LogP contribution in [0.3, 0.4) is 0 Å². The number of fused-ring (bicyclic) bond motifs is 2. The third-order valence-corrected chi connectivity index (χ3v) is 5.00. The molecule has 2 atom stereocenters. The molecule has 0 aromatic heterocycles. The van der Waals surface area contributed by atoms with E-state index in [0.717, 1.165) is 18.4 Å². The van der Waals surface area contributed by atoms with Crippen LogP contribution in [-0.2, 0) is 4.79 Å². The number of nitriles is 1. The predicted octanol–water partition coefficient (Wildman–Crippen LogP) is 2.04. The number of amides is 1. The summed E-state index contributed by atoms with van der Waals surface area (Å²) in [5, 5.41) is 21.6. The Bertz CT molecular complexity index is 646. The van der Waals surface area contributed by atoms with E-state index in [1.54, 1.807) is 18.2 Å². The van der Waals surface area contributed by atoms with Crippen molar-refractivity contribution >= 4 is 12.0 Å². The number of phenolic OH excluding ortho intramolecular Hbond substituents is 1. The van der Waals surface area contributed by atoms with Crippen LogP contribution in [0.4, 0.5) is 0 Å². The van der Waals surface area contributed by atoms with E-state index < -0.39 is 0 Å². The van der Waals surface area contributed by atoms with Gasteiger partial charge in [0, 0.05) is 18.1 Å². The fourth-order valence-corrected chi connectivity index (χ4v) is 3.68. The zero-order chi connectivity index (χ0) is 16.4. The van der Waals surface area contributed by atoms with Crippen LogP contribution in [0.25, 0.3) is 6.08 Å². The number of piperidine rings is 1. The molecule has 5 nitrogen and oxygen atoms in total. The molecule has 0 radical (unpaired) electrons. The maximum Gasteiger partial charge on any atom is 0.262 e. The molecule has 3 rings (SSSR count). The minimum absolute atomic E-state index is 0.0990. The molecule has 2 aliphatic rings. The number of benzene rings is 1. The molecular formula is C18H21N3O2. The van der Waals surface area contributed by atoms with E-state index in [-0.39, 0.29) is 23.3 Å². The fraction of sp³-hybridized carbons (Fsp3) is 0.444. The zero-order valence-corrected chi connectivity index (χ0v) is 13.2. The van der Waals surface area contributed by atoms with Crippen LogP contribution in [0.1, 0.15) is 31.2 Å². The lowest BCUT2D eigenvalue weighted by Crippen LogP contribution is -2.48. The number of nitrogens with zero attached hydrogens (tertiary/aromatic N) is 2. The minimum atomic E-state index is -0.311. The highest BCUT2D eigenvalue weighted by Gasteiger charge is 2.38. The lowest BCUT2D eigenvalue weighted by atomic mass is 9.97. The first-order valence-electron chi connectivity index (χ1n) is 8.00. The number of carbonyl (C=O) groups excluding carboxylic acids is 1. The van der Waals surface area contributed by atoms with E-state index in [0.29, 0.717) is 12.1 Å². The number of rotatable bonds is 3. The summed E-state index contributed by atoms with van der Waals surface area (Å²) in [5.41, 5.74) is 0.819. The molecule has 2 saturated heterocycles. The van der Waals surface area contributed by atoms with Gasteiger partial charge >= 0.3 is 0 Å². The predicted molar refractivity (Wildman–Crippen MR) is 87.4 cm³/mol. The fourth-order valence-electron chi connectivity index (χ4n) is 3.68. The van der Waals surface area contributed by atoms with Crippen molar-refractivity contribution in [3.8, 4) is 11.8 Å². The van der Waals surface area contributed by atoms with Crippen LogP contribution >= 0.6 is 0 Å². The molecule has 0 aliphatic carbocycles. The van der Waals surface area contributed by atoms with Gasteiger partial charge in [-0.1, -0.05) is 12.1 Å². The van der Waals surface area contributed by atoms with Gasteiger partial charge in [-0.05, 0) is 56.5 Å². The Hall–Kier alpha value is -2.32. The highest BCUT2D eigenvalue weighted by molar-refractivity contribution is 6.01. The number of hydrogen-bond acceptors (Lipinski definition) is 4. The number of hydrogen-bond donors (Lipinski definition) is 2. The summed E-state index contributed by atoms with van der Waals surface area (Å²) < 4.78 is 0. The first kappa shape index (κ1) is 15.6. The van der Waals surface area contributed by atoms with Crippen LogP contribution in [0.5, 0.6) is 5.75 Å². The molecule has 0 spiro atoms.